The van der Waals surface area contributed by atoms with Crippen molar-refractivity contribution >= 4 is 22.4 Å². The van der Waals surface area contributed by atoms with Crippen molar-refractivity contribution in [3.8, 4) is 0 Å². The Kier molecular flexibility index (Phi) is 2.76. The largest absolute Gasteiger partial charge is 0.375 e. The molecule has 0 saturated carbocycles. The Hall–Kier alpha value is -1.88. The number of nitrogens with two attached hydrogens (primary N) is 1. The van der Waals surface area contributed by atoms with Gasteiger partial charge in [-0.25, -0.2) is 4.98 Å². The molecule has 2 heterocycles. The van der Waals surface area contributed by atoms with Crippen LogP contribution in [-0.2, 0) is 13.0 Å². The SMILES string of the molecule is Nc1nc2c(s1)C(=O)N(Cc1ccccc1)CC2. The number of carbonyl (C=O) groups is 1. The van der Waals surface area contributed by atoms with Crippen molar-refractivity contribution in [1.82, 2.24) is 9.88 Å². The summed E-state index contributed by atoms with van der Waals surface area (Å²) in [4.78, 5) is 19.0. The van der Waals surface area contributed by atoms with Crippen LogP contribution in [0.1, 0.15) is 20.9 Å². The van der Waals surface area contributed by atoms with Crippen molar-refractivity contribution in [2.45, 2.75) is 13.0 Å². The van der Waals surface area contributed by atoms with E-state index < -0.39 is 0 Å². The van der Waals surface area contributed by atoms with E-state index in [4.69, 9.17) is 5.73 Å². The molecular weight excluding hydrogens is 246 g/mol. The van der Waals surface area contributed by atoms with Crippen LogP contribution in [-0.4, -0.2) is 22.3 Å². The number of nitrogens with zero attached hydrogens (tertiary/aromatic N) is 2. The van der Waals surface area contributed by atoms with Crippen LogP contribution >= 0.6 is 11.3 Å². The Balaban J connectivity index is 1.82. The Morgan fingerprint density at radius 2 is 2.11 bits per heavy atom. The predicted molar refractivity (Wildman–Crippen MR) is 71.4 cm³/mol. The summed E-state index contributed by atoms with van der Waals surface area (Å²) in [6, 6.07) is 10.0. The van der Waals surface area contributed by atoms with E-state index in [1.54, 1.807) is 0 Å². The van der Waals surface area contributed by atoms with Gasteiger partial charge in [0, 0.05) is 19.5 Å². The van der Waals surface area contributed by atoms with Crippen LogP contribution in [0.2, 0.25) is 0 Å². The third kappa shape index (κ3) is 1.97. The number of hydrogen-bond donors (Lipinski definition) is 1. The fraction of sp³-hybridized carbons (Fsp3) is 0.231. The summed E-state index contributed by atoms with van der Waals surface area (Å²) in [5.41, 5.74) is 7.65. The third-order valence-electron chi connectivity index (χ3n) is 3.03. The molecule has 18 heavy (non-hydrogen) atoms. The van der Waals surface area contributed by atoms with Gasteiger partial charge in [0.15, 0.2) is 5.13 Å². The van der Waals surface area contributed by atoms with Gasteiger partial charge in [0.2, 0.25) is 0 Å². The number of anilines is 1. The quantitative estimate of drug-likeness (QED) is 0.896. The van der Waals surface area contributed by atoms with Crippen LogP contribution < -0.4 is 5.73 Å². The van der Waals surface area contributed by atoms with Gasteiger partial charge in [0.05, 0.1) is 5.69 Å². The van der Waals surface area contributed by atoms with Crippen LogP contribution in [0, 0.1) is 0 Å². The highest BCUT2D eigenvalue weighted by molar-refractivity contribution is 7.17. The topological polar surface area (TPSA) is 59.2 Å². The Morgan fingerprint density at radius 1 is 1.33 bits per heavy atom. The molecular formula is C13H13N3OS. The monoisotopic (exact) mass is 259 g/mol. The van der Waals surface area contributed by atoms with Gasteiger partial charge in [-0.2, -0.15) is 0 Å². The lowest BCUT2D eigenvalue weighted by atomic mass is 10.1. The summed E-state index contributed by atoms with van der Waals surface area (Å²) in [6.07, 6.45) is 0.793. The lowest BCUT2D eigenvalue weighted by molar-refractivity contribution is 0.0731. The standard InChI is InChI=1S/C13H13N3OS/c14-13-15-10-6-7-16(12(17)11(10)18-13)8-9-4-2-1-3-5-9/h1-5H,6-8H2,(H2,14,15). The maximum atomic E-state index is 12.3. The van der Waals surface area contributed by atoms with Gasteiger partial charge in [-0.3, -0.25) is 4.79 Å². The minimum Gasteiger partial charge on any atom is -0.375 e. The zero-order valence-electron chi connectivity index (χ0n) is 9.80. The number of hydrogen-bond acceptors (Lipinski definition) is 4. The Labute approximate surface area is 109 Å². The molecule has 0 fully saturated rings. The summed E-state index contributed by atoms with van der Waals surface area (Å²) >= 11 is 1.29. The van der Waals surface area contributed by atoms with Crippen molar-refractivity contribution in [3.05, 3.63) is 46.5 Å². The molecule has 0 atom stereocenters. The van der Waals surface area contributed by atoms with Crippen molar-refractivity contribution in [2.24, 2.45) is 0 Å². The molecule has 2 N–H and O–H groups in total. The van der Waals surface area contributed by atoms with E-state index in [0.29, 0.717) is 23.1 Å². The lowest BCUT2D eigenvalue weighted by Gasteiger charge is -2.25. The van der Waals surface area contributed by atoms with Crippen molar-refractivity contribution in [2.75, 3.05) is 12.3 Å². The molecule has 5 heteroatoms. The molecule has 1 aromatic carbocycles. The first-order valence-electron chi connectivity index (χ1n) is 5.82. The smallest absolute Gasteiger partial charge is 0.266 e. The molecule has 0 unspecified atom stereocenters. The highest BCUT2D eigenvalue weighted by Gasteiger charge is 2.27. The van der Waals surface area contributed by atoms with E-state index in [0.717, 1.165) is 17.7 Å². The van der Waals surface area contributed by atoms with Crippen molar-refractivity contribution in [1.29, 1.82) is 0 Å². The number of nitrogen functional groups attached to an aromatic ring is 1. The van der Waals surface area contributed by atoms with Crippen LogP contribution in [0.5, 0.6) is 0 Å². The van der Waals surface area contributed by atoms with Crippen molar-refractivity contribution < 1.29 is 4.79 Å². The molecule has 92 valence electrons. The van der Waals surface area contributed by atoms with E-state index in [1.807, 2.05) is 35.2 Å². The van der Waals surface area contributed by atoms with Crippen LogP contribution in [0.15, 0.2) is 30.3 Å². The number of fused-ring (bicyclic) bond motifs is 1. The molecule has 0 saturated heterocycles. The van der Waals surface area contributed by atoms with Gasteiger partial charge in [-0.15, -0.1) is 0 Å². The van der Waals surface area contributed by atoms with Gasteiger partial charge >= 0.3 is 0 Å². The molecule has 0 spiro atoms. The van der Waals surface area contributed by atoms with E-state index in [-0.39, 0.29) is 5.91 Å². The fourth-order valence-electron chi connectivity index (χ4n) is 2.15. The van der Waals surface area contributed by atoms with Gasteiger partial charge < -0.3 is 10.6 Å². The maximum Gasteiger partial charge on any atom is 0.266 e. The van der Waals surface area contributed by atoms with Gasteiger partial charge in [-0.1, -0.05) is 41.7 Å². The maximum absolute atomic E-state index is 12.3. The van der Waals surface area contributed by atoms with Gasteiger partial charge in [-0.05, 0) is 5.56 Å². The Bertz CT molecular complexity index is 579. The highest BCUT2D eigenvalue weighted by atomic mass is 32.1. The fourth-order valence-corrected chi connectivity index (χ4v) is 2.99. The van der Waals surface area contributed by atoms with Crippen LogP contribution in [0.3, 0.4) is 0 Å². The second kappa shape index (κ2) is 4.42. The summed E-state index contributed by atoms with van der Waals surface area (Å²) in [6.45, 7) is 1.36. The number of amides is 1. The summed E-state index contributed by atoms with van der Waals surface area (Å²) in [5.74, 6) is 0.0503. The zero-order valence-corrected chi connectivity index (χ0v) is 10.6. The molecule has 4 nitrogen and oxygen atoms in total. The van der Waals surface area contributed by atoms with Gasteiger partial charge in [0.1, 0.15) is 4.88 Å². The zero-order chi connectivity index (χ0) is 12.5. The average Bonchev–Trinajstić information content (AvgIpc) is 2.76. The Morgan fingerprint density at radius 3 is 2.89 bits per heavy atom. The summed E-state index contributed by atoms with van der Waals surface area (Å²) in [5, 5.41) is 0.481. The molecule has 0 bridgehead atoms. The molecule has 3 rings (SSSR count). The molecule has 0 radical (unpaired) electrons. The van der Waals surface area contributed by atoms with Crippen LogP contribution in [0.4, 0.5) is 5.13 Å². The number of rotatable bonds is 2. The first kappa shape index (κ1) is 11.2. The second-order valence-electron chi connectivity index (χ2n) is 4.29. The summed E-state index contributed by atoms with van der Waals surface area (Å²) < 4.78 is 0. The first-order chi connectivity index (χ1) is 8.74. The molecule has 2 aromatic rings. The van der Waals surface area contributed by atoms with Gasteiger partial charge in [0.25, 0.3) is 5.91 Å². The molecule has 0 aliphatic carbocycles. The predicted octanol–water partition coefficient (Wildman–Crippen LogP) is 1.92. The first-order valence-corrected chi connectivity index (χ1v) is 6.64. The minimum atomic E-state index is 0.0503. The minimum absolute atomic E-state index is 0.0503. The van der Waals surface area contributed by atoms with Crippen LogP contribution in [0.25, 0.3) is 0 Å². The number of thiazole rings is 1. The van der Waals surface area contributed by atoms with E-state index >= 15 is 0 Å². The molecule has 1 aliphatic rings. The molecule has 1 aliphatic heterocycles. The van der Waals surface area contributed by atoms with E-state index in [2.05, 4.69) is 4.98 Å². The second-order valence-corrected chi connectivity index (χ2v) is 5.32. The molecule has 1 amide bonds. The third-order valence-corrected chi connectivity index (χ3v) is 3.94. The normalized spacial score (nSPS) is 14.7. The number of benzene rings is 1. The van der Waals surface area contributed by atoms with E-state index in [1.165, 1.54) is 11.3 Å². The highest BCUT2D eigenvalue weighted by Crippen LogP contribution is 2.27. The molecule has 1 aromatic heterocycles. The summed E-state index contributed by atoms with van der Waals surface area (Å²) in [7, 11) is 0. The van der Waals surface area contributed by atoms with E-state index in [9.17, 15) is 4.79 Å². The lowest BCUT2D eigenvalue weighted by Crippen LogP contribution is -2.36. The number of carbonyl (C=O) groups excluding carboxylic acids is 1. The average molecular weight is 259 g/mol. The van der Waals surface area contributed by atoms with Crippen molar-refractivity contribution in [3.63, 3.8) is 0 Å². The number of aromatic nitrogens is 1.